The summed E-state index contributed by atoms with van der Waals surface area (Å²) in [4.78, 5) is 29.3. The zero-order valence-electron chi connectivity index (χ0n) is 18.5. The van der Waals surface area contributed by atoms with Crippen LogP contribution in [0.15, 0.2) is 24.3 Å². The molecule has 1 aromatic rings. The van der Waals surface area contributed by atoms with Gasteiger partial charge in [0, 0.05) is 30.7 Å². The summed E-state index contributed by atoms with van der Waals surface area (Å²) in [5.41, 5.74) is -0.858. The monoisotopic (exact) mass is 466 g/mol. The van der Waals surface area contributed by atoms with E-state index < -0.39 is 23.8 Å². The SMILES string of the molecule is O=C1CCC2(CC2)N1CC1(O)CCC2(CCN(c3ccc(OCC(F)(F)F)cc3)C2=O)CC1. The molecule has 1 aromatic carbocycles. The largest absolute Gasteiger partial charge is 0.484 e. The second kappa shape index (κ2) is 7.61. The van der Waals surface area contributed by atoms with Crippen molar-refractivity contribution in [2.75, 3.05) is 24.6 Å². The van der Waals surface area contributed by atoms with Crippen molar-refractivity contribution in [3.8, 4) is 5.75 Å². The smallest absolute Gasteiger partial charge is 0.422 e. The van der Waals surface area contributed by atoms with Crippen LogP contribution >= 0.6 is 0 Å². The first-order valence-electron chi connectivity index (χ1n) is 11.7. The van der Waals surface area contributed by atoms with Crippen LogP contribution in [-0.4, -0.2) is 58.8 Å². The van der Waals surface area contributed by atoms with Gasteiger partial charge < -0.3 is 19.6 Å². The van der Waals surface area contributed by atoms with Crippen LogP contribution in [0.1, 0.15) is 57.8 Å². The van der Waals surface area contributed by atoms with Gasteiger partial charge in [0.25, 0.3) is 0 Å². The number of carbonyl (C=O) groups is 2. The lowest BCUT2D eigenvalue weighted by molar-refractivity contribution is -0.153. The third-order valence-electron chi connectivity index (χ3n) is 8.16. The maximum absolute atomic E-state index is 13.3. The Morgan fingerprint density at radius 2 is 1.61 bits per heavy atom. The van der Waals surface area contributed by atoms with Crippen LogP contribution in [0.4, 0.5) is 18.9 Å². The van der Waals surface area contributed by atoms with E-state index in [0.717, 1.165) is 19.3 Å². The Bertz CT molecular complexity index is 934. The van der Waals surface area contributed by atoms with Crippen molar-refractivity contribution in [1.82, 2.24) is 4.90 Å². The fraction of sp³-hybridized carbons (Fsp3) is 0.667. The molecule has 0 unspecified atom stereocenters. The minimum absolute atomic E-state index is 0.00409. The number of hydrogen-bond acceptors (Lipinski definition) is 4. The quantitative estimate of drug-likeness (QED) is 0.717. The van der Waals surface area contributed by atoms with Gasteiger partial charge in [0.1, 0.15) is 5.75 Å². The van der Waals surface area contributed by atoms with Crippen molar-refractivity contribution in [3.63, 3.8) is 0 Å². The molecule has 2 spiro atoms. The Balaban J connectivity index is 1.20. The number of alkyl halides is 3. The average Bonchev–Trinajstić information content (AvgIpc) is 3.42. The van der Waals surface area contributed by atoms with Crippen LogP contribution in [0.25, 0.3) is 0 Å². The van der Waals surface area contributed by atoms with E-state index in [4.69, 9.17) is 4.74 Å². The summed E-state index contributed by atoms with van der Waals surface area (Å²) in [7, 11) is 0. The maximum atomic E-state index is 13.3. The fourth-order valence-electron chi connectivity index (χ4n) is 5.86. The zero-order valence-corrected chi connectivity index (χ0v) is 18.5. The summed E-state index contributed by atoms with van der Waals surface area (Å²) in [6.07, 6.45) is 1.88. The Hall–Kier alpha value is -2.29. The van der Waals surface area contributed by atoms with Gasteiger partial charge in [0.15, 0.2) is 6.61 Å². The number of aliphatic hydroxyl groups is 1. The number of halogens is 3. The van der Waals surface area contributed by atoms with E-state index in [1.807, 2.05) is 4.90 Å². The van der Waals surface area contributed by atoms with Crippen molar-refractivity contribution < 1.29 is 32.6 Å². The highest BCUT2D eigenvalue weighted by Crippen LogP contribution is 2.53. The van der Waals surface area contributed by atoms with Crippen molar-refractivity contribution in [1.29, 1.82) is 0 Å². The molecule has 4 fully saturated rings. The molecule has 9 heteroatoms. The molecule has 6 nitrogen and oxygen atoms in total. The van der Waals surface area contributed by atoms with Crippen molar-refractivity contribution >= 4 is 17.5 Å². The lowest BCUT2D eigenvalue weighted by Crippen LogP contribution is -2.51. The number of benzene rings is 1. The fourth-order valence-corrected chi connectivity index (χ4v) is 5.86. The first-order chi connectivity index (χ1) is 15.5. The van der Waals surface area contributed by atoms with Gasteiger partial charge >= 0.3 is 6.18 Å². The lowest BCUT2D eigenvalue weighted by Gasteiger charge is -2.43. The Morgan fingerprint density at radius 1 is 0.939 bits per heavy atom. The molecule has 0 aromatic heterocycles. The standard InChI is InChI=1S/C24H29F3N2O4/c25-24(26,27)16-33-18-3-1-17(2-4-18)28-14-13-21(20(28)31)7-11-23(32,12-8-21)15-29-19(30)5-6-22(29)9-10-22/h1-4,32H,5-16H2. The maximum Gasteiger partial charge on any atom is 0.422 e. The van der Waals surface area contributed by atoms with Gasteiger partial charge in [-0.1, -0.05) is 0 Å². The number of hydrogen-bond donors (Lipinski definition) is 1. The first-order valence-corrected chi connectivity index (χ1v) is 11.7. The van der Waals surface area contributed by atoms with Gasteiger partial charge in [-0.3, -0.25) is 9.59 Å². The number of carbonyl (C=O) groups excluding carboxylic acids is 2. The van der Waals surface area contributed by atoms with E-state index in [9.17, 15) is 27.9 Å². The van der Waals surface area contributed by atoms with Gasteiger partial charge in [0.2, 0.25) is 11.8 Å². The number of rotatable bonds is 5. The Kier molecular flexibility index (Phi) is 5.19. The topological polar surface area (TPSA) is 70.1 Å². The number of β-amino-alcohol motifs (C(OH)–C–C–N with tert-alkyl or cyclic N) is 1. The van der Waals surface area contributed by atoms with Crippen LogP contribution in [0, 0.1) is 5.41 Å². The number of amides is 2. The molecule has 2 saturated carbocycles. The molecule has 2 amide bonds. The zero-order chi connectivity index (χ0) is 23.5. The number of anilines is 1. The van der Waals surface area contributed by atoms with E-state index in [1.54, 1.807) is 17.0 Å². The highest BCUT2D eigenvalue weighted by atomic mass is 19.4. The second-order valence-corrected chi connectivity index (χ2v) is 10.3. The third kappa shape index (κ3) is 4.20. The van der Waals surface area contributed by atoms with Crippen molar-refractivity contribution in [2.24, 2.45) is 5.41 Å². The van der Waals surface area contributed by atoms with Crippen molar-refractivity contribution in [3.05, 3.63) is 24.3 Å². The second-order valence-electron chi connectivity index (χ2n) is 10.3. The van der Waals surface area contributed by atoms with Gasteiger partial charge in [-0.2, -0.15) is 13.2 Å². The van der Waals surface area contributed by atoms with E-state index in [1.165, 1.54) is 12.1 Å². The first kappa shape index (κ1) is 22.5. The summed E-state index contributed by atoms with van der Waals surface area (Å²) in [5.74, 6) is 0.237. The molecule has 5 rings (SSSR count). The normalized spacial score (nSPS) is 31.2. The van der Waals surface area contributed by atoms with E-state index in [2.05, 4.69) is 0 Å². The highest BCUT2D eigenvalue weighted by molar-refractivity contribution is 6.00. The molecular formula is C24H29F3N2O4. The minimum atomic E-state index is -4.40. The van der Waals surface area contributed by atoms with Crippen molar-refractivity contribution in [2.45, 2.75) is 75.1 Å². The number of likely N-dealkylation sites (tertiary alicyclic amines) is 1. The molecule has 0 radical (unpaired) electrons. The predicted molar refractivity (Wildman–Crippen MR) is 114 cm³/mol. The molecule has 2 aliphatic carbocycles. The van der Waals surface area contributed by atoms with Gasteiger partial charge in [0.05, 0.1) is 11.0 Å². The highest BCUT2D eigenvalue weighted by Gasteiger charge is 2.57. The van der Waals surface area contributed by atoms with Crippen LogP contribution in [0.2, 0.25) is 0 Å². The molecule has 4 aliphatic rings. The molecule has 33 heavy (non-hydrogen) atoms. The van der Waals surface area contributed by atoms with E-state index in [-0.39, 0.29) is 23.1 Å². The summed E-state index contributed by atoms with van der Waals surface area (Å²) in [6.45, 7) is -0.460. The molecule has 1 N–H and O–H groups in total. The Morgan fingerprint density at radius 3 is 2.21 bits per heavy atom. The van der Waals surface area contributed by atoms with Crippen LogP contribution in [-0.2, 0) is 9.59 Å². The predicted octanol–water partition coefficient (Wildman–Crippen LogP) is 3.81. The number of nitrogens with zero attached hydrogens (tertiary/aromatic N) is 2. The summed E-state index contributed by atoms with van der Waals surface area (Å²) >= 11 is 0. The molecular weight excluding hydrogens is 437 g/mol. The molecule has 2 aliphatic heterocycles. The van der Waals surface area contributed by atoms with Gasteiger partial charge in [-0.05, 0) is 75.6 Å². The van der Waals surface area contributed by atoms with Gasteiger partial charge in [-0.15, -0.1) is 0 Å². The van der Waals surface area contributed by atoms with E-state index in [0.29, 0.717) is 57.3 Å². The third-order valence-corrected chi connectivity index (χ3v) is 8.16. The van der Waals surface area contributed by atoms with Crippen LogP contribution in [0.5, 0.6) is 5.75 Å². The Labute approximate surface area is 190 Å². The van der Waals surface area contributed by atoms with Crippen LogP contribution < -0.4 is 9.64 Å². The molecule has 180 valence electrons. The molecule has 0 bridgehead atoms. The minimum Gasteiger partial charge on any atom is -0.484 e. The number of ether oxygens (including phenoxy) is 1. The van der Waals surface area contributed by atoms with E-state index >= 15 is 0 Å². The summed E-state index contributed by atoms with van der Waals surface area (Å²) < 4.78 is 41.7. The van der Waals surface area contributed by atoms with Crippen LogP contribution in [0.3, 0.4) is 0 Å². The molecule has 2 heterocycles. The molecule has 2 saturated heterocycles. The summed E-state index contributed by atoms with van der Waals surface area (Å²) in [6, 6.07) is 6.10. The molecule has 0 atom stereocenters. The van der Waals surface area contributed by atoms with Gasteiger partial charge in [-0.25, -0.2) is 0 Å². The lowest BCUT2D eigenvalue weighted by atomic mass is 9.67. The average molecular weight is 467 g/mol. The summed E-state index contributed by atoms with van der Waals surface area (Å²) in [5, 5.41) is 11.2.